The maximum Gasteiger partial charge on any atom is 0.242 e. The number of carbonyl (C=O) groups excluding carboxylic acids is 2. The molecule has 0 bridgehead atoms. The molecule has 7 heteroatoms. The van der Waals surface area contributed by atoms with Gasteiger partial charge in [-0.05, 0) is 64.5 Å². The van der Waals surface area contributed by atoms with Crippen molar-refractivity contribution in [2.45, 2.75) is 50.3 Å². The van der Waals surface area contributed by atoms with Gasteiger partial charge >= 0.3 is 0 Å². The number of hydrogen-bond acceptors (Lipinski definition) is 4. The SMILES string of the molecule is CC(C)c1ccc(N=C2SC(CC(=O)Nc3ccccc3Br)C(=O)N2C2CC2)cc1. The normalized spacial score (nSPS) is 20.3. The number of amidine groups is 1. The number of hydrogen-bond donors (Lipinski definition) is 1. The number of benzene rings is 2. The van der Waals surface area contributed by atoms with E-state index in [9.17, 15) is 9.59 Å². The van der Waals surface area contributed by atoms with Gasteiger partial charge in [0.15, 0.2) is 5.17 Å². The van der Waals surface area contributed by atoms with E-state index in [0.717, 1.165) is 23.0 Å². The first-order valence-corrected chi connectivity index (χ1v) is 11.8. The second kappa shape index (κ2) is 8.94. The number of halogens is 1. The highest BCUT2D eigenvalue weighted by Gasteiger charge is 2.46. The van der Waals surface area contributed by atoms with E-state index in [2.05, 4.69) is 47.2 Å². The quantitative estimate of drug-likeness (QED) is 0.570. The van der Waals surface area contributed by atoms with Gasteiger partial charge in [0.25, 0.3) is 0 Å². The highest BCUT2D eigenvalue weighted by atomic mass is 79.9. The van der Waals surface area contributed by atoms with Crippen LogP contribution in [0.2, 0.25) is 0 Å². The van der Waals surface area contributed by atoms with Crippen LogP contribution in [-0.2, 0) is 9.59 Å². The van der Waals surface area contributed by atoms with Gasteiger partial charge in [-0.1, -0.05) is 49.9 Å². The molecular formula is C23H24BrN3O2S. The second-order valence-corrected chi connectivity index (χ2v) is 9.94. The molecule has 156 valence electrons. The van der Waals surface area contributed by atoms with E-state index in [4.69, 9.17) is 4.99 Å². The first-order valence-electron chi connectivity index (χ1n) is 10.1. The molecule has 1 saturated carbocycles. The van der Waals surface area contributed by atoms with Crippen molar-refractivity contribution >= 4 is 56.0 Å². The van der Waals surface area contributed by atoms with Crippen LogP contribution in [-0.4, -0.2) is 33.2 Å². The van der Waals surface area contributed by atoms with Crippen LogP contribution in [0.1, 0.15) is 44.6 Å². The molecule has 0 aromatic heterocycles. The van der Waals surface area contributed by atoms with E-state index < -0.39 is 5.25 Å². The summed E-state index contributed by atoms with van der Waals surface area (Å²) in [6.45, 7) is 4.32. The topological polar surface area (TPSA) is 61.8 Å². The van der Waals surface area contributed by atoms with Crippen LogP contribution in [0.3, 0.4) is 0 Å². The number of rotatable bonds is 6. The fraction of sp³-hybridized carbons (Fsp3) is 0.348. The molecule has 1 aliphatic heterocycles. The molecule has 2 fully saturated rings. The zero-order valence-corrected chi connectivity index (χ0v) is 19.4. The Balaban J connectivity index is 1.48. The molecule has 1 atom stereocenters. The molecule has 4 rings (SSSR count). The molecule has 1 unspecified atom stereocenters. The predicted molar refractivity (Wildman–Crippen MR) is 126 cm³/mol. The Morgan fingerprint density at radius 2 is 1.90 bits per heavy atom. The van der Waals surface area contributed by atoms with Crippen LogP contribution < -0.4 is 5.32 Å². The Morgan fingerprint density at radius 1 is 1.20 bits per heavy atom. The van der Waals surface area contributed by atoms with E-state index in [-0.39, 0.29) is 24.3 Å². The lowest BCUT2D eigenvalue weighted by atomic mass is 10.0. The lowest BCUT2D eigenvalue weighted by Gasteiger charge is -2.15. The van der Waals surface area contributed by atoms with E-state index in [1.54, 1.807) is 4.90 Å². The van der Waals surface area contributed by atoms with Crippen molar-refractivity contribution < 1.29 is 9.59 Å². The molecule has 0 radical (unpaired) electrons. The maximum absolute atomic E-state index is 13.0. The molecule has 2 amide bonds. The first-order chi connectivity index (χ1) is 14.4. The number of anilines is 1. The summed E-state index contributed by atoms with van der Waals surface area (Å²) in [7, 11) is 0. The van der Waals surface area contributed by atoms with Crippen LogP contribution in [0.5, 0.6) is 0 Å². The molecule has 2 aromatic carbocycles. The van der Waals surface area contributed by atoms with Gasteiger partial charge in [0.05, 0.1) is 11.4 Å². The Labute approximate surface area is 189 Å². The van der Waals surface area contributed by atoms with E-state index >= 15 is 0 Å². The second-order valence-electron chi connectivity index (χ2n) is 7.92. The lowest BCUT2D eigenvalue weighted by Crippen LogP contribution is -2.35. The van der Waals surface area contributed by atoms with Crippen molar-refractivity contribution in [3.8, 4) is 0 Å². The van der Waals surface area contributed by atoms with Gasteiger partial charge < -0.3 is 5.32 Å². The zero-order chi connectivity index (χ0) is 21.3. The molecule has 30 heavy (non-hydrogen) atoms. The summed E-state index contributed by atoms with van der Waals surface area (Å²) < 4.78 is 0.815. The van der Waals surface area contributed by atoms with Crippen molar-refractivity contribution in [1.29, 1.82) is 0 Å². The molecule has 5 nitrogen and oxygen atoms in total. The van der Waals surface area contributed by atoms with Gasteiger partial charge in [-0.25, -0.2) is 4.99 Å². The van der Waals surface area contributed by atoms with E-state index in [0.29, 0.717) is 16.8 Å². The summed E-state index contributed by atoms with van der Waals surface area (Å²) in [5.74, 6) is 0.276. The average molecular weight is 486 g/mol. The van der Waals surface area contributed by atoms with Crippen LogP contribution >= 0.6 is 27.7 Å². The standard InChI is InChI=1S/C23H24BrN3O2S/c1-14(2)15-7-9-16(10-8-15)25-23-27(17-11-12-17)22(29)20(30-23)13-21(28)26-19-6-4-3-5-18(19)24/h3-10,14,17,20H,11-13H2,1-2H3,(H,26,28). The highest BCUT2D eigenvalue weighted by Crippen LogP contribution is 2.39. The van der Waals surface area contributed by atoms with Gasteiger partial charge in [0.2, 0.25) is 11.8 Å². The zero-order valence-electron chi connectivity index (χ0n) is 17.0. The minimum atomic E-state index is -0.443. The van der Waals surface area contributed by atoms with Gasteiger partial charge in [0.1, 0.15) is 5.25 Å². The smallest absolute Gasteiger partial charge is 0.242 e. The van der Waals surface area contributed by atoms with Crippen LogP contribution in [0, 0.1) is 0 Å². The minimum absolute atomic E-state index is 0.0117. The maximum atomic E-state index is 13.0. The fourth-order valence-corrected chi connectivity index (χ4v) is 4.94. The molecule has 1 N–H and O–H groups in total. The Hall–Kier alpha value is -2.12. The number of nitrogens with one attached hydrogen (secondary N) is 1. The summed E-state index contributed by atoms with van der Waals surface area (Å²) in [5, 5.41) is 3.15. The number of aliphatic imine (C=N–C) groups is 1. The minimum Gasteiger partial charge on any atom is -0.325 e. The molecule has 2 aromatic rings. The number of thioether (sulfide) groups is 1. The molecule has 1 saturated heterocycles. The Kier molecular flexibility index (Phi) is 6.29. The summed E-state index contributed by atoms with van der Waals surface area (Å²) >= 11 is 4.83. The molecular weight excluding hydrogens is 462 g/mol. The summed E-state index contributed by atoms with van der Waals surface area (Å²) in [6, 6.07) is 15.8. The number of carbonyl (C=O) groups is 2. The largest absolute Gasteiger partial charge is 0.325 e. The van der Waals surface area contributed by atoms with Gasteiger partial charge in [-0.3, -0.25) is 14.5 Å². The third-order valence-corrected chi connectivity index (χ3v) is 7.03. The Bertz CT molecular complexity index is 986. The molecule has 2 aliphatic rings. The van der Waals surface area contributed by atoms with Gasteiger partial charge in [-0.2, -0.15) is 0 Å². The summed E-state index contributed by atoms with van der Waals surface area (Å²) in [6.07, 6.45) is 2.11. The molecule has 1 heterocycles. The van der Waals surface area contributed by atoms with E-state index in [1.165, 1.54) is 17.3 Å². The van der Waals surface area contributed by atoms with Gasteiger partial charge in [0, 0.05) is 16.9 Å². The van der Waals surface area contributed by atoms with Crippen molar-refractivity contribution in [3.63, 3.8) is 0 Å². The van der Waals surface area contributed by atoms with Crippen molar-refractivity contribution in [3.05, 3.63) is 58.6 Å². The average Bonchev–Trinajstić information content (AvgIpc) is 3.50. The van der Waals surface area contributed by atoms with E-state index in [1.807, 2.05) is 36.4 Å². The van der Waals surface area contributed by atoms with Crippen LogP contribution in [0.25, 0.3) is 0 Å². The Morgan fingerprint density at radius 3 is 2.53 bits per heavy atom. The summed E-state index contributed by atoms with van der Waals surface area (Å²) in [5.41, 5.74) is 2.80. The monoisotopic (exact) mass is 485 g/mol. The summed E-state index contributed by atoms with van der Waals surface area (Å²) in [4.78, 5) is 32.1. The third kappa shape index (κ3) is 4.78. The van der Waals surface area contributed by atoms with Crippen molar-refractivity contribution in [2.24, 2.45) is 4.99 Å². The number of para-hydroxylation sites is 1. The van der Waals surface area contributed by atoms with Gasteiger partial charge in [-0.15, -0.1) is 0 Å². The predicted octanol–water partition coefficient (Wildman–Crippen LogP) is 5.70. The number of nitrogens with zero attached hydrogens (tertiary/aromatic N) is 2. The third-order valence-electron chi connectivity index (χ3n) is 5.18. The van der Waals surface area contributed by atoms with Crippen LogP contribution in [0.4, 0.5) is 11.4 Å². The number of amides is 2. The lowest BCUT2D eigenvalue weighted by molar-refractivity contribution is -0.128. The first kappa shape index (κ1) is 21.1. The molecule has 1 aliphatic carbocycles. The fourth-order valence-electron chi connectivity index (χ4n) is 3.34. The van der Waals surface area contributed by atoms with Crippen molar-refractivity contribution in [2.75, 3.05) is 5.32 Å². The molecule has 0 spiro atoms. The van der Waals surface area contributed by atoms with Crippen molar-refractivity contribution in [1.82, 2.24) is 4.90 Å². The highest BCUT2D eigenvalue weighted by molar-refractivity contribution is 9.10. The van der Waals surface area contributed by atoms with Crippen LogP contribution in [0.15, 0.2) is 58.0 Å².